The SMILES string of the molecule is C=CCNC(=O)[C@@H](C)OC(=O)CNS(=O)(=O)c1cccc(F)c1. The van der Waals surface area contributed by atoms with Crippen LogP contribution in [-0.4, -0.2) is 39.5 Å². The maximum atomic E-state index is 13.0. The Morgan fingerprint density at radius 3 is 2.74 bits per heavy atom. The van der Waals surface area contributed by atoms with Crippen LogP contribution in [0.5, 0.6) is 0 Å². The molecule has 0 bridgehead atoms. The third-order valence-electron chi connectivity index (χ3n) is 2.61. The Morgan fingerprint density at radius 1 is 1.43 bits per heavy atom. The van der Waals surface area contributed by atoms with Crippen LogP contribution < -0.4 is 10.0 Å². The van der Waals surface area contributed by atoms with Crippen molar-refractivity contribution in [2.75, 3.05) is 13.1 Å². The molecular formula is C14H17FN2O5S. The Kier molecular flexibility index (Phi) is 6.86. The normalized spacial score (nSPS) is 12.3. The zero-order valence-electron chi connectivity index (χ0n) is 12.4. The number of amides is 1. The quantitative estimate of drug-likeness (QED) is 0.523. The summed E-state index contributed by atoms with van der Waals surface area (Å²) in [6.45, 7) is 4.30. The van der Waals surface area contributed by atoms with Crippen LogP contribution in [0.2, 0.25) is 0 Å². The van der Waals surface area contributed by atoms with Gasteiger partial charge in [0, 0.05) is 6.54 Å². The first-order chi connectivity index (χ1) is 10.8. The van der Waals surface area contributed by atoms with Gasteiger partial charge in [-0.05, 0) is 25.1 Å². The number of benzene rings is 1. The molecule has 1 rings (SSSR count). The fourth-order valence-electron chi connectivity index (χ4n) is 1.48. The molecule has 1 atom stereocenters. The molecule has 0 heterocycles. The van der Waals surface area contributed by atoms with Gasteiger partial charge in [-0.15, -0.1) is 6.58 Å². The first-order valence-electron chi connectivity index (χ1n) is 6.59. The van der Waals surface area contributed by atoms with Gasteiger partial charge < -0.3 is 10.1 Å². The van der Waals surface area contributed by atoms with Gasteiger partial charge in [-0.3, -0.25) is 9.59 Å². The number of nitrogens with one attached hydrogen (secondary N) is 2. The number of hydrogen-bond acceptors (Lipinski definition) is 5. The largest absolute Gasteiger partial charge is 0.452 e. The van der Waals surface area contributed by atoms with Crippen molar-refractivity contribution in [3.8, 4) is 0 Å². The lowest BCUT2D eigenvalue weighted by molar-refractivity contribution is -0.153. The van der Waals surface area contributed by atoms with Crippen LogP contribution in [0, 0.1) is 5.82 Å². The van der Waals surface area contributed by atoms with E-state index in [2.05, 4.69) is 11.9 Å². The van der Waals surface area contributed by atoms with Gasteiger partial charge in [0.2, 0.25) is 10.0 Å². The Balaban J connectivity index is 2.55. The number of esters is 1. The maximum Gasteiger partial charge on any atom is 0.321 e. The fourth-order valence-corrected chi connectivity index (χ4v) is 2.48. The molecule has 2 N–H and O–H groups in total. The van der Waals surface area contributed by atoms with Crippen molar-refractivity contribution in [2.45, 2.75) is 17.9 Å². The highest BCUT2D eigenvalue weighted by Crippen LogP contribution is 2.09. The van der Waals surface area contributed by atoms with E-state index in [-0.39, 0.29) is 11.4 Å². The highest BCUT2D eigenvalue weighted by atomic mass is 32.2. The molecule has 1 aromatic rings. The summed E-state index contributed by atoms with van der Waals surface area (Å²) in [6.07, 6.45) is 0.376. The second-order valence-corrected chi connectivity index (χ2v) is 6.21. The number of rotatable bonds is 8. The van der Waals surface area contributed by atoms with Crippen molar-refractivity contribution in [2.24, 2.45) is 0 Å². The second-order valence-electron chi connectivity index (χ2n) is 4.45. The van der Waals surface area contributed by atoms with E-state index in [0.29, 0.717) is 0 Å². The van der Waals surface area contributed by atoms with Crippen molar-refractivity contribution in [1.82, 2.24) is 10.0 Å². The average molecular weight is 344 g/mol. The number of carbonyl (C=O) groups excluding carboxylic acids is 2. The van der Waals surface area contributed by atoms with Gasteiger partial charge in [0.15, 0.2) is 6.10 Å². The number of hydrogen-bond donors (Lipinski definition) is 2. The molecule has 0 aromatic heterocycles. The van der Waals surface area contributed by atoms with Crippen LogP contribution in [-0.2, 0) is 24.3 Å². The highest BCUT2D eigenvalue weighted by molar-refractivity contribution is 7.89. The predicted octanol–water partition coefficient (Wildman–Crippen LogP) is 0.338. The van der Waals surface area contributed by atoms with Crippen LogP contribution in [0.25, 0.3) is 0 Å². The summed E-state index contributed by atoms with van der Waals surface area (Å²) in [5.74, 6) is -2.19. The molecular weight excluding hydrogens is 327 g/mol. The average Bonchev–Trinajstić information content (AvgIpc) is 2.50. The molecule has 0 radical (unpaired) electrons. The first kappa shape index (κ1) is 18.8. The minimum Gasteiger partial charge on any atom is -0.452 e. The van der Waals surface area contributed by atoms with E-state index >= 15 is 0 Å². The second kappa shape index (κ2) is 8.39. The lowest BCUT2D eigenvalue weighted by atomic mass is 10.3. The van der Waals surface area contributed by atoms with Gasteiger partial charge >= 0.3 is 5.97 Å². The van der Waals surface area contributed by atoms with E-state index in [1.165, 1.54) is 25.1 Å². The molecule has 23 heavy (non-hydrogen) atoms. The third kappa shape index (κ3) is 6.17. The van der Waals surface area contributed by atoms with Crippen LogP contribution in [0.4, 0.5) is 4.39 Å². The van der Waals surface area contributed by atoms with E-state index in [4.69, 9.17) is 4.74 Å². The number of ether oxygens (including phenoxy) is 1. The van der Waals surface area contributed by atoms with Crippen molar-refractivity contribution in [3.05, 3.63) is 42.7 Å². The predicted molar refractivity (Wildman–Crippen MR) is 80.3 cm³/mol. The molecule has 9 heteroatoms. The van der Waals surface area contributed by atoms with Gasteiger partial charge in [0.1, 0.15) is 12.4 Å². The monoisotopic (exact) mass is 344 g/mol. The number of carbonyl (C=O) groups is 2. The molecule has 126 valence electrons. The first-order valence-corrected chi connectivity index (χ1v) is 8.08. The molecule has 0 aliphatic carbocycles. The molecule has 0 spiro atoms. The van der Waals surface area contributed by atoms with Crippen molar-refractivity contribution in [3.63, 3.8) is 0 Å². The Morgan fingerprint density at radius 2 is 2.13 bits per heavy atom. The minimum atomic E-state index is -4.05. The van der Waals surface area contributed by atoms with E-state index in [9.17, 15) is 22.4 Å². The summed E-state index contributed by atoms with van der Waals surface area (Å²) < 4.78 is 43.5. The topological polar surface area (TPSA) is 102 Å². The fraction of sp³-hybridized carbons (Fsp3) is 0.286. The van der Waals surface area contributed by atoms with E-state index < -0.39 is 40.4 Å². The number of halogens is 1. The summed E-state index contributed by atoms with van der Waals surface area (Å²) in [4.78, 5) is 22.7. The third-order valence-corrected chi connectivity index (χ3v) is 4.01. The minimum absolute atomic E-state index is 0.215. The standard InChI is InChI=1S/C14H17FN2O5S/c1-3-7-16-14(19)10(2)22-13(18)9-17-23(20,21)12-6-4-5-11(15)8-12/h3-6,8,10,17H,1,7,9H2,2H3,(H,16,19)/t10-/m1/s1. The summed E-state index contributed by atoms with van der Waals surface area (Å²) in [5.41, 5.74) is 0. The van der Waals surface area contributed by atoms with Gasteiger partial charge in [-0.25, -0.2) is 12.8 Å². The van der Waals surface area contributed by atoms with Crippen molar-refractivity contribution >= 4 is 21.9 Å². The van der Waals surface area contributed by atoms with Crippen LogP contribution >= 0.6 is 0 Å². The Bertz CT molecular complexity index is 690. The van der Waals surface area contributed by atoms with Crippen LogP contribution in [0.3, 0.4) is 0 Å². The van der Waals surface area contributed by atoms with Crippen molar-refractivity contribution in [1.29, 1.82) is 0 Å². The lowest BCUT2D eigenvalue weighted by Gasteiger charge is -2.13. The summed E-state index contributed by atoms with van der Waals surface area (Å²) in [7, 11) is -4.05. The summed E-state index contributed by atoms with van der Waals surface area (Å²) in [6, 6.07) is 4.33. The smallest absolute Gasteiger partial charge is 0.321 e. The molecule has 0 saturated heterocycles. The summed E-state index contributed by atoms with van der Waals surface area (Å²) >= 11 is 0. The molecule has 0 unspecified atom stereocenters. The van der Waals surface area contributed by atoms with E-state index in [1.807, 2.05) is 4.72 Å². The maximum absolute atomic E-state index is 13.0. The Labute approximate surface area is 133 Å². The molecule has 0 saturated carbocycles. The molecule has 1 amide bonds. The zero-order chi connectivity index (χ0) is 17.5. The summed E-state index contributed by atoms with van der Waals surface area (Å²) in [5, 5.41) is 2.43. The van der Waals surface area contributed by atoms with E-state index in [1.54, 1.807) is 0 Å². The Hall–Kier alpha value is -2.26. The van der Waals surface area contributed by atoms with Crippen molar-refractivity contribution < 1.29 is 27.1 Å². The molecule has 0 aliphatic rings. The van der Waals surface area contributed by atoms with Crippen LogP contribution in [0.1, 0.15) is 6.92 Å². The number of sulfonamides is 1. The van der Waals surface area contributed by atoms with Crippen LogP contribution in [0.15, 0.2) is 41.8 Å². The molecule has 0 aliphatic heterocycles. The van der Waals surface area contributed by atoms with E-state index in [0.717, 1.165) is 12.1 Å². The van der Waals surface area contributed by atoms with Gasteiger partial charge in [0.05, 0.1) is 4.90 Å². The highest BCUT2D eigenvalue weighted by Gasteiger charge is 2.20. The molecule has 1 aromatic carbocycles. The molecule has 7 nitrogen and oxygen atoms in total. The molecule has 0 fully saturated rings. The zero-order valence-corrected chi connectivity index (χ0v) is 13.2. The van der Waals surface area contributed by atoms with Gasteiger partial charge in [-0.2, -0.15) is 4.72 Å². The van der Waals surface area contributed by atoms with Gasteiger partial charge in [-0.1, -0.05) is 12.1 Å². The lowest BCUT2D eigenvalue weighted by Crippen LogP contribution is -2.38. The van der Waals surface area contributed by atoms with Gasteiger partial charge in [0.25, 0.3) is 5.91 Å².